The lowest BCUT2D eigenvalue weighted by Crippen LogP contribution is -2.05. The fraction of sp³-hybridized carbons (Fsp3) is 0.182. The summed E-state index contributed by atoms with van der Waals surface area (Å²) in [4.78, 5) is 0. The molecule has 0 saturated carbocycles. The van der Waals surface area contributed by atoms with Crippen molar-refractivity contribution >= 4 is 39.9 Å². The van der Waals surface area contributed by atoms with Crippen LogP contribution in [0, 0.1) is 16.3 Å². The molecule has 0 aliphatic rings. The first kappa shape index (κ1) is 20.7. The van der Waals surface area contributed by atoms with Crippen molar-refractivity contribution in [2.24, 2.45) is 0 Å². The first-order valence-corrected chi connectivity index (χ1v) is 10.2. The van der Waals surface area contributed by atoms with E-state index in [4.69, 9.17) is 21.1 Å². The van der Waals surface area contributed by atoms with Gasteiger partial charge in [0.15, 0.2) is 11.5 Å². The Bertz CT molecular complexity index is 981. The van der Waals surface area contributed by atoms with Crippen molar-refractivity contribution in [3.8, 4) is 11.5 Å². The van der Waals surface area contributed by atoms with E-state index < -0.39 is 0 Å². The number of hydrogen-bond donors (Lipinski definition) is 1. The Kier molecular flexibility index (Phi) is 7.02. The molecule has 3 aromatic carbocycles. The molecule has 0 radical (unpaired) electrons. The SMILES string of the molecule is COc1cc(CNc2cc(Cl)ccc2C)cc(I)c1OCc1ccccc1F. The van der Waals surface area contributed by atoms with Crippen LogP contribution in [0.5, 0.6) is 11.5 Å². The maximum Gasteiger partial charge on any atom is 0.174 e. The zero-order valence-electron chi connectivity index (χ0n) is 15.6. The minimum Gasteiger partial charge on any atom is -0.493 e. The Morgan fingerprint density at radius 1 is 1.11 bits per heavy atom. The van der Waals surface area contributed by atoms with Gasteiger partial charge < -0.3 is 14.8 Å². The summed E-state index contributed by atoms with van der Waals surface area (Å²) in [5.74, 6) is 0.936. The van der Waals surface area contributed by atoms with Crippen LogP contribution >= 0.6 is 34.2 Å². The van der Waals surface area contributed by atoms with Crippen LogP contribution in [0.1, 0.15) is 16.7 Å². The molecule has 0 spiro atoms. The largest absolute Gasteiger partial charge is 0.493 e. The number of hydrogen-bond acceptors (Lipinski definition) is 3. The lowest BCUT2D eigenvalue weighted by Gasteiger charge is -2.16. The van der Waals surface area contributed by atoms with E-state index in [1.807, 2.05) is 37.3 Å². The zero-order valence-corrected chi connectivity index (χ0v) is 18.5. The van der Waals surface area contributed by atoms with Crippen LogP contribution in [0.2, 0.25) is 5.02 Å². The molecule has 0 fully saturated rings. The summed E-state index contributed by atoms with van der Waals surface area (Å²) in [5.41, 5.74) is 3.65. The molecule has 0 saturated heterocycles. The van der Waals surface area contributed by atoms with Crippen LogP contribution in [0.25, 0.3) is 0 Å². The number of benzene rings is 3. The molecule has 0 unspecified atom stereocenters. The summed E-state index contributed by atoms with van der Waals surface area (Å²) < 4.78 is 26.1. The molecular weight excluding hydrogens is 492 g/mol. The van der Waals surface area contributed by atoms with Crippen LogP contribution < -0.4 is 14.8 Å². The van der Waals surface area contributed by atoms with E-state index in [1.165, 1.54) is 6.07 Å². The van der Waals surface area contributed by atoms with Crippen LogP contribution in [0.4, 0.5) is 10.1 Å². The second-order valence-electron chi connectivity index (χ2n) is 6.30. The standard InChI is InChI=1S/C22H20ClFINO2/c1-14-7-8-17(23)11-20(14)26-12-15-9-19(25)22(21(10-15)27-2)28-13-16-5-3-4-6-18(16)24/h3-11,26H,12-13H2,1-2H3. The summed E-state index contributed by atoms with van der Waals surface area (Å²) >= 11 is 8.29. The number of ether oxygens (including phenoxy) is 2. The van der Waals surface area contributed by atoms with Gasteiger partial charge in [0.2, 0.25) is 0 Å². The summed E-state index contributed by atoms with van der Waals surface area (Å²) in [5, 5.41) is 4.09. The lowest BCUT2D eigenvalue weighted by atomic mass is 10.1. The highest BCUT2D eigenvalue weighted by Crippen LogP contribution is 2.35. The molecule has 0 atom stereocenters. The Morgan fingerprint density at radius 2 is 1.89 bits per heavy atom. The van der Waals surface area contributed by atoms with Crippen LogP contribution in [0.15, 0.2) is 54.6 Å². The highest BCUT2D eigenvalue weighted by Gasteiger charge is 2.13. The van der Waals surface area contributed by atoms with Gasteiger partial charge in [-0.3, -0.25) is 0 Å². The molecule has 6 heteroatoms. The van der Waals surface area contributed by atoms with E-state index in [2.05, 4.69) is 27.9 Å². The maximum absolute atomic E-state index is 13.8. The molecular formula is C22H20ClFINO2. The van der Waals surface area contributed by atoms with Gasteiger partial charge in [-0.1, -0.05) is 35.9 Å². The predicted molar refractivity (Wildman–Crippen MR) is 120 cm³/mol. The second-order valence-corrected chi connectivity index (χ2v) is 7.90. The van der Waals surface area contributed by atoms with E-state index in [0.29, 0.717) is 28.6 Å². The number of anilines is 1. The van der Waals surface area contributed by atoms with E-state index in [0.717, 1.165) is 20.4 Å². The number of aryl methyl sites for hydroxylation is 1. The fourth-order valence-corrected chi connectivity index (χ4v) is 3.76. The third kappa shape index (κ3) is 5.08. The van der Waals surface area contributed by atoms with Crippen molar-refractivity contribution < 1.29 is 13.9 Å². The van der Waals surface area contributed by atoms with Crippen molar-refractivity contribution in [2.75, 3.05) is 12.4 Å². The summed E-state index contributed by atoms with van der Waals surface area (Å²) in [7, 11) is 1.60. The van der Waals surface area contributed by atoms with Crippen molar-refractivity contribution in [3.63, 3.8) is 0 Å². The monoisotopic (exact) mass is 511 g/mol. The zero-order chi connectivity index (χ0) is 20.1. The normalized spacial score (nSPS) is 10.6. The predicted octanol–water partition coefficient (Wildman–Crippen LogP) is 6.59. The van der Waals surface area contributed by atoms with E-state index in [9.17, 15) is 4.39 Å². The molecule has 0 heterocycles. The Morgan fingerprint density at radius 3 is 2.64 bits per heavy atom. The molecule has 0 aliphatic carbocycles. The summed E-state index contributed by atoms with van der Waals surface area (Å²) in [6.45, 7) is 2.78. The van der Waals surface area contributed by atoms with Gasteiger partial charge in [0.25, 0.3) is 0 Å². The van der Waals surface area contributed by atoms with Crippen LogP contribution in [-0.4, -0.2) is 7.11 Å². The van der Waals surface area contributed by atoms with Gasteiger partial charge in [0.1, 0.15) is 12.4 Å². The highest BCUT2D eigenvalue weighted by molar-refractivity contribution is 14.1. The average Bonchev–Trinajstić information content (AvgIpc) is 2.68. The molecule has 28 heavy (non-hydrogen) atoms. The second kappa shape index (κ2) is 9.47. The topological polar surface area (TPSA) is 30.5 Å². The lowest BCUT2D eigenvalue weighted by molar-refractivity contribution is 0.277. The van der Waals surface area contributed by atoms with Crippen LogP contribution in [0.3, 0.4) is 0 Å². The number of nitrogens with one attached hydrogen (secondary N) is 1. The summed E-state index contributed by atoms with van der Waals surface area (Å²) in [6.07, 6.45) is 0. The van der Waals surface area contributed by atoms with Crippen molar-refractivity contribution in [1.29, 1.82) is 0 Å². The fourth-order valence-electron chi connectivity index (χ4n) is 2.76. The Hall–Kier alpha value is -1.99. The molecule has 146 valence electrons. The Balaban J connectivity index is 1.75. The van der Waals surface area contributed by atoms with Crippen molar-refractivity contribution in [2.45, 2.75) is 20.1 Å². The molecule has 3 nitrogen and oxygen atoms in total. The molecule has 1 N–H and O–H groups in total. The molecule has 0 bridgehead atoms. The molecule has 3 aromatic rings. The first-order valence-electron chi connectivity index (χ1n) is 8.70. The number of halogens is 3. The van der Waals surface area contributed by atoms with Gasteiger partial charge in [-0.2, -0.15) is 0 Å². The summed E-state index contributed by atoms with van der Waals surface area (Å²) in [6, 6.07) is 16.3. The number of rotatable bonds is 7. The van der Waals surface area contributed by atoms with Crippen LogP contribution in [-0.2, 0) is 13.2 Å². The molecule has 3 rings (SSSR count). The third-order valence-corrected chi connectivity index (χ3v) is 5.34. The number of methoxy groups -OCH3 is 1. The van der Waals surface area contributed by atoms with Gasteiger partial charge in [-0.15, -0.1) is 0 Å². The molecule has 0 aromatic heterocycles. The maximum atomic E-state index is 13.8. The van der Waals surface area contributed by atoms with Gasteiger partial charge in [0.05, 0.1) is 10.7 Å². The van der Waals surface area contributed by atoms with Gasteiger partial charge >= 0.3 is 0 Å². The quantitative estimate of drug-likeness (QED) is 0.363. The van der Waals surface area contributed by atoms with Crippen molar-refractivity contribution in [3.05, 3.63) is 85.7 Å². The smallest absolute Gasteiger partial charge is 0.174 e. The molecule has 0 aliphatic heterocycles. The minimum atomic E-state index is -0.283. The van der Waals surface area contributed by atoms with E-state index in [-0.39, 0.29) is 12.4 Å². The van der Waals surface area contributed by atoms with E-state index >= 15 is 0 Å². The van der Waals surface area contributed by atoms with Gasteiger partial charge in [-0.25, -0.2) is 4.39 Å². The molecule has 0 amide bonds. The highest BCUT2D eigenvalue weighted by atomic mass is 127. The third-order valence-electron chi connectivity index (χ3n) is 4.30. The first-order chi connectivity index (χ1) is 13.5. The van der Waals surface area contributed by atoms with Gasteiger partial charge in [0, 0.05) is 22.8 Å². The van der Waals surface area contributed by atoms with Crippen molar-refractivity contribution in [1.82, 2.24) is 0 Å². The van der Waals surface area contributed by atoms with Gasteiger partial charge in [-0.05, 0) is 71.0 Å². The minimum absolute atomic E-state index is 0.137. The van der Waals surface area contributed by atoms with E-state index in [1.54, 1.807) is 25.3 Å². The Labute approximate surface area is 183 Å². The average molecular weight is 512 g/mol.